The van der Waals surface area contributed by atoms with Crippen molar-refractivity contribution >= 4 is 16.7 Å². The third kappa shape index (κ3) is 1.94. The van der Waals surface area contributed by atoms with Crippen LogP contribution in [0.4, 0.5) is 5.82 Å². The molecule has 0 aromatic carbocycles. The van der Waals surface area contributed by atoms with Crippen molar-refractivity contribution in [3.63, 3.8) is 0 Å². The SMILES string of the molecule is O=c1[nH]cnc2c1CN(c1ncnc3cnccc13)CC2. The standard InChI is InChI=1S/C14H12N6O/c21-14-10-6-20(4-2-11(10)16-8-19-14)13-9-1-3-15-5-12(9)17-7-18-13/h1,3,5,7-8H,2,4,6H2,(H,16,19,21). The van der Waals surface area contributed by atoms with E-state index in [0.29, 0.717) is 12.1 Å². The Morgan fingerprint density at radius 3 is 3.14 bits per heavy atom. The fraction of sp³-hybridized carbons (Fsp3) is 0.214. The van der Waals surface area contributed by atoms with Crippen LogP contribution in [0.3, 0.4) is 0 Å². The molecule has 7 nitrogen and oxygen atoms in total. The lowest BCUT2D eigenvalue weighted by molar-refractivity contribution is 0.691. The summed E-state index contributed by atoms with van der Waals surface area (Å²) in [7, 11) is 0. The number of hydrogen-bond acceptors (Lipinski definition) is 6. The van der Waals surface area contributed by atoms with Crippen molar-refractivity contribution < 1.29 is 0 Å². The minimum Gasteiger partial charge on any atom is -0.351 e. The second-order valence-electron chi connectivity index (χ2n) is 4.92. The Labute approximate surface area is 119 Å². The third-order valence-corrected chi connectivity index (χ3v) is 3.72. The van der Waals surface area contributed by atoms with Gasteiger partial charge in [-0.1, -0.05) is 0 Å². The van der Waals surface area contributed by atoms with E-state index >= 15 is 0 Å². The molecule has 0 spiro atoms. The van der Waals surface area contributed by atoms with Gasteiger partial charge >= 0.3 is 0 Å². The molecule has 4 rings (SSSR count). The zero-order valence-corrected chi connectivity index (χ0v) is 11.2. The van der Waals surface area contributed by atoms with Crippen LogP contribution in [0, 0.1) is 0 Å². The third-order valence-electron chi connectivity index (χ3n) is 3.72. The Kier molecular flexibility index (Phi) is 2.63. The van der Waals surface area contributed by atoms with Gasteiger partial charge in [0.25, 0.3) is 5.56 Å². The number of fused-ring (bicyclic) bond motifs is 2. The summed E-state index contributed by atoms with van der Waals surface area (Å²) in [5.41, 5.74) is 2.30. The monoisotopic (exact) mass is 280 g/mol. The molecule has 0 fully saturated rings. The van der Waals surface area contributed by atoms with E-state index in [1.807, 2.05) is 6.07 Å². The molecule has 1 aliphatic heterocycles. The molecule has 1 aliphatic rings. The maximum atomic E-state index is 11.9. The quantitative estimate of drug-likeness (QED) is 0.705. The minimum atomic E-state index is -0.0790. The number of aromatic amines is 1. The number of anilines is 1. The highest BCUT2D eigenvalue weighted by Crippen LogP contribution is 2.25. The van der Waals surface area contributed by atoms with E-state index in [1.54, 1.807) is 12.4 Å². The van der Waals surface area contributed by atoms with Gasteiger partial charge in [-0.05, 0) is 6.07 Å². The van der Waals surface area contributed by atoms with Gasteiger partial charge in [0.2, 0.25) is 0 Å². The zero-order valence-electron chi connectivity index (χ0n) is 11.2. The molecule has 1 N–H and O–H groups in total. The van der Waals surface area contributed by atoms with Crippen molar-refractivity contribution in [1.82, 2.24) is 24.9 Å². The van der Waals surface area contributed by atoms with Crippen molar-refractivity contribution in [2.45, 2.75) is 13.0 Å². The molecule has 3 aromatic rings. The average molecular weight is 280 g/mol. The topological polar surface area (TPSA) is 87.7 Å². The van der Waals surface area contributed by atoms with Gasteiger partial charge < -0.3 is 9.88 Å². The lowest BCUT2D eigenvalue weighted by atomic mass is 10.1. The molecule has 21 heavy (non-hydrogen) atoms. The van der Waals surface area contributed by atoms with Crippen LogP contribution in [-0.2, 0) is 13.0 Å². The van der Waals surface area contributed by atoms with Gasteiger partial charge in [-0.15, -0.1) is 0 Å². The smallest absolute Gasteiger partial charge is 0.255 e. The summed E-state index contributed by atoms with van der Waals surface area (Å²) in [5.74, 6) is 0.830. The second-order valence-corrected chi connectivity index (χ2v) is 4.92. The normalized spacial score (nSPS) is 14.2. The molecule has 0 bridgehead atoms. The first kappa shape index (κ1) is 12.0. The number of nitrogens with one attached hydrogen (secondary N) is 1. The molecular formula is C14H12N6O. The molecule has 0 saturated carbocycles. The van der Waals surface area contributed by atoms with Crippen molar-refractivity contribution in [3.8, 4) is 0 Å². The Balaban J connectivity index is 1.81. The van der Waals surface area contributed by atoms with E-state index in [2.05, 4.69) is 29.8 Å². The van der Waals surface area contributed by atoms with E-state index < -0.39 is 0 Å². The second kappa shape index (κ2) is 4.62. The first-order chi connectivity index (χ1) is 10.3. The van der Waals surface area contributed by atoms with Crippen LogP contribution < -0.4 is 10.5 Å². The number of hydrogen-bond donors (Lipinski definition) is 1. The number of pyridine rings is 1. The highest BCUT2D eigenvalue weighted by Gasteiger charge is 2.22. The summed E-state index contributed by atoms with van der Waals surface area (Å²) in [6, 6.07) is 1.90. The van der Waals surface area contributed by atoms with Gasteiger partial charge in [-0.2, -0.15) is 0 Å². The lowest BCUT2D eigenvalue weighted by Gasteiger charge is -2.28. The number of H-pyrrole nitrogens is 1. The van der Waals surface area contributed by atoms with Crippen molar-refractivity contribution in [2.75, 3.05) is 11.4 Å². The molecule has 0 radical (unpaired) electrons. The van der Waals surface area contributed by atoms with Gasteiger partial charge in [0.15, 0.2) is 0 Å². The predicted octanol–water partition coefficient (Wildman–Crippen LogP) is 0.671. The molecule has 104 valence electrons. The molecule has 0 saturated heterocycles. The van der Waals surface area contributed by atoms with E-state index in [0.717, 1.165) is 35.4 Å². The van der Waals surface area contributed by atoms with Gasteiger partial charge in [-0.25, -0.2) is 15.0 Å². The van der Waals surface area contributed by atoms with Crippen LogP contribution in [0.5, 0.6) is 0 Å². The van der Waals surface area contributed by atoms with E-state index in [4.69, 9.17) is 0 Å². The fourth-order valence-corrected chi connectivity index (χ4v) is 2.68. The molecule has 7 heteroatoms. The van der Waals surface area contributed by atoms with E-state index in [-0.39, 0.29) is 5.56 Å². The summed E-state index contributed by atoms with van der Waals surface area (Å²) in [6.07, 6.45) is 7.16. The lowest BCUT2D eigenvalue weighted by Crippen LogP contribution is -2.36. The first-order valence-electron chi connectivity index (χ1n) is 6.68. The summed E-state index contributed by atoms with van der Waals surface area (Å²) in [4.78, 5) is 33.6. The minimum absolute atomic E-state index is 0.0790. The van der Waals surface area contributed by atoms with Crippen molar-refractivity contribution in [1.29, 1.82) is 0 Å². The van der Waals surface area contributed by atoms with Crippen LogP contribution in [0.2, 0.25) is 0 Å². The molecular weight excluding hydrogens is 268 g/mol. The summed E-state index contributed by atoms with van der Waals surface area (Å²) in [5, 5.41) is 0.941. The van der Waals surface area contributed by atoms with Crippen LogP contribution in [0.15, 0.2) is 35.9 Å². The van der Waals surface area contributed by atoms with E-state index in [1.165, 1.54) is 12.7 Å². The molecule has 0 amide bonds. The van der Waals surface area contributed by atoms with Gasteiger partial charge in [-0.3, -0.25) is 9.78 Å². The predicted molar refractivity (Wildman–Crippen MR) is 76.9 cm³/mol. The van der Waals surface area contributed by atoms with Crippen LogP contribution in [0.1, 0.15) is 11.3 Å². The maximum absolute atomic E-state index is 11.9. The number of aromatic nitrogens is 5. The van der Waals surface area contributed by atoms with Crippen LogP contribution in [0.25, 0.3) is 10.9 Å². The van der Waals surface area contributed by atoms with Gasteiger partial charge in [0, 0.05) is 24.5 Å². The Hall–Kier alpha value is -2.83. The Morgan fingerprint density at radius 2 is 2.19 bits per heavy atom. The van der Waals surface area contributed by atoms with Crippen molar-refractivity contribution in [3.05, 3.63) is 52.7 Å². The largest absolute Gasteiger partial charge is 0.351 e. The fourth-order valence-electron chi connectivity index (χ4n) is 2.68. The first-order valence-corrected chi connectivity index (χ1v) is 6.68. The molecule has 4 heterocycles. The summed E-state index contributed by atoms with van der Waals surface area (Å²) in [6.45, 7) is 1.28. The van der Waals surface area contributed by atoms with Crippen LogP contribution in [-0.4, -0.2) is 31.5 Å². The number of rotatable bonds is 1. The average Bonchev–Trinajstić information content (AvgIpc) is 2.54. The maximum Gasteiger partial charge on any atom is 0.255 e. The van der Waals surface area contributed by atoms with Crippen LogP contribution >= 0.6 is 0 Å². The van der Waals surface area contributed by atoms with Gasteiger partial charge in [0.05, 0.1) is 35.8 Å². The highest BCUT2D eigenvalue weighted by molar-refractivity contribution is 5.88. The summed E-state index contributed by atoms with van der Waals surface area (Å²) < 4.78 is 0. The van der Waals surface area contributed by atoms with Crippen molar-refractivity contribution in [2.24, 2.45) is 0 Å². The zero-order chi connectivity index (χ0) is 14.2. The Morgan fingerprint density at radius 1 is 1.24 bits per heavy atom. The van der Waals surface area contributed by atoms with Gasteiger partial charge in [0.1, 0.15) is 12.1 Å². The Bertz CT molecular complexity index is 869. The molecule has 0 aliphatic carbocycles. The molecule has 0 atom stereocenters. The highest BCUT2D eigenvalue weighted by atomic mass is 16.1. The number of nitrogens with zero attached hydrogens (tertiary/aromatic N) is 5. The van der Waals surface area contributed by atoms with E-state index in [9.17, 15) is 4.79 Å². The molecule has 0 unspecified atom stereocenters. The summed E-state index contributed by atoms with van der Waals surface area (Å²) >= 11 is 0. The molecule has 3 aromatic heterocycles.